The van der Waals surface area contributed by atoms with E-state index in [0.29, 0.717) is 31.4 Å². The van der Waals surface area contributed by atoms with Crippen molar-refractivity contribution in [3.63, 3.8) is 0 Å². The topological polar surface area (TPSA) is 118 Å². The van der Waals surface area contributed by atoms with E-state index in [4.69, 9.17) is 15.3 Å². The molecule has 1 unspecified atom stereocenters. The highest BCUT2D eigenvalue weighted by atomic mass is 79.9. The molecular formula is C26H34BrN4O4S+. The van der Waals surface area contributed by atoms with Gasteiger partial charge in [-0.3, -0.25) is 15.0 Å². The average Bonchev–Trinajstić information content (AvgIpc) is 3.50. The summed E-state index contributed by atoms with van der Waals surface area (Å²) >= 11 is 4.84. The predicted octanol–water partition coefficient (Wildman–Crippen LogP) is 4.00. The molecule has 194 valence electrons. The molecule has 0 radical (unpaired) electrons. The van der Waals surface area contributed by atoms with E-state index < -0.39 is 12.0 Å². The van der Waals surface area contributed by atoms with E-state index in [0.717, 1.165) is 28.1 Å². The van der Waals surface area contributed by atoms with E-state index in [1.54, 1.807) is 16.2 Å². The Morgan fingerprint density at radius 2 is 2.08 bits per heavy atom. The summed E-state index contributed by atoms with van der Waals surface area (Å²) < 4.78 is 5.21. The van der Waals surface area contributed by atoms with Crippen LogP contribution in [0, 0.1) is 24.2 Å². The zero-order valence-corrected chi connectivity index (χ0v) is 23.2. The van der Waals surface area contributed by atoms with Crippen molar-refractivity contribution < 1.29 is 19.4 Å². The Morgan fingerprint density at radius 3 is 2.69 bits per heavy atom. The molecule has 2 aromatic rings. The highest BCUT2D eigenvalue weighted by Gasteiger charge is 2.41. The van der Waals surface area contributed by atoms with Gasteiger partial charge < -0.3 is 20.1 Å². The maximum Gasteiger partial charge on any atom is 0.247 e. The molecule has 10 heteroatoms. The summed E-state index contributed by atoms with van der Waals surface area (Å²) in [5.74, 6) is -1.46. The number of nitrogens with zero attached hydrogens (tertiary/aromatic N) is 2. The zero-order valence-electron chi connectivity index (χ0n) is 20.8. The van der Waals surface area contributed by atoms with Gasteiger partial charge in [0.15, 0.2) is 0 Å². The standard InChI is InChI=1S/C26H33BrN4O4S/c1-16(2)23(21(32)13-22(28)35-12-10-27)26(34)31-11-4-5-20(31)25(33)29-14-18-6-8-19(9-7-18)24-17(3)30-15-36-24/h6-9,13,15-16,20,23,28,32H,4-5,10-12,14H2,1-3H3,(H,29,33)/p+1/b21-13-,28-22?/t20-,23?/m0/s1. The van der Waals surface area contributed by atoms with E-state index in [2.05, 4.69) is 26.2 Å². The highest BCUT2D eigenvalue weighted by Crippen LogP contribution is 2.28. The number of carbonyl (C=O) groups is 2. The summed E-state index contributed by atoms with van der Waals surface area (Å²) in [7, 11) is 0. The van der Waals surface area contributed by atoms with Crippen molar-refractivity contribution in [2.45, 2.75) is 46.2 Å². The third-order valence-electron chi connectivity index (χ3n) is 6.16. The van der Waals surface area contributed by atoms with Gasteiger partial charge >= 0.3 is 0 Å². The number of rotatable bonds is 10. The largest absolute Gasteiger partial charge is 0.596 e. The molecule has 1 fully saturated rings. The molecule has 3 rings (SSSR count). The first kappa shape index (κ1) is 27.9. The highest BCUT2D eigenvalue weighted by molar-refractivity contribution is 9.09. The third kappa shape index (κ3) is 6.94. The maximum atomic E-state index is 13.5. The van der Waals surface area contributed by atoms with E-state index >= 15 is 0 Å². The minimum absolute atomic E-state index is 0.0249. The van der Waals surface area contributed by atoms with E-state index in [9.17, 15) is 9.59 Å². The average molecular weight is 579 g/mol. The molecule has 0 saturated carbocycles. The van der Waals surface area contributed by atoms with Gasteiger partial charge in [0.1, 0.15) is 12.0 Å². The van der Waals surface area contributed by atoms with Crippen LogP contribution in [0.4, 0.5) is 0 Å². The molecular weight excluding hydrogens is 544 g/mol. The number of aryl methyl sites for hydroxylation is 1. The Bertz CT molecular complexity index is 1100. The van der Waals surface area contributed by atoms with Gasteiger partial charge in [-0.15, -0.1) is 11.3 Å². The van der Waals surface area contributed by atoms with Gasteiger partial charge in [0.2, 0.25) is 23.5 Å². The second kappa shape index (κ2) is 13.0. The number of amides is 2. The van der Waals surface area contributed by atoms with Crippen molar-refractivity contribution >= 4 is 45.0 Å². The molecule has 36 heavy (non-hydrogen) atoms. The normalized spacial score (nSPS) is 16.8. The summed E-state index contributed by atoms with van der Waals surface area (Å²) in [6.45, 7) is 6.89. The number of carbonyl (C=O) groups excluding carboxylic acids is 2. The Hall–Kier alpha value is -2.72. The number of ether oxygens (including phenoxy) is 1. The summed E-state index contributed by atoms with van der Waals surface area (Å²) in [5, 5.41) is 19.9. The zero-order chi connectivity index (χ0) is 26.2. The van der Waals surface area contributed by atoms with Crippen LogP contribution in [0.3, 0.4) is 0 Å². The van der Waals surface area contributed by atoms with Gasteiger partial charge in [0.05, 0.1) is 28.8 Å². The van der Waals surface area contributed by atoms with Crippen LogP contribution < -0.4 is 5.32 Å². The molecule has 0 aliphatic carbocycles. The smallest absolute Gasteiger partial charge is 0.247 e. The molecule has 1 aromatic heterocycles. The molecule has 0 bridgehead atoms. The van der Waals surface area contributed by atoms with Crippen LogP contribution in [-0.2, 0) is 20.9 Å². The summed E-state index contributed by atoms with van der Waals surface area (Å²) in [5.41, 5.74) is 4.91. The van der Waals surface area contributed by atoms with Crippen LogP contribution in [0.5, 0.6) is 0 Å². The third-order valence-corrected chi connectivity index (χ3v) is 7.46. The molecule has 0 spiro atoms. The van der Waals surface area contributed by atoms with Crippen molar-refractivity contribution in [1.82, 2.24) is 15.2 Å². The second-order valence-electron chi connectivity index (χ2n) is 9.09. The van der Waals surface area contributed by atoms with E-state index in [-0.39, 0.29) is 29.4 Å². The number of alkyl halides is 1. The van der Waals surface area contributed by atoms with Crippen molar-refractivity contribution in [2.24, 2.45) is 11.8 Å². The Morgan fingerprint density at radius 1 is 1.36 bits per heavy atom. The van der Waals surface area contributed by atoms with Gasteiger partial charge in [-0.05, 0) is 36.8 Å². The SMILES string of the molecule is Cc1ncsc1-c1ccc(CNC(=O)[C@@H]2CCCN2C(=O)C(/C([OH2+])=C/C(=N)OCCBr)C(C)C)cc1. The number of thiazole rings is 1. The maximum absolute atomic E-state index is 13.5. The molecule has 1 aliphatic heterocycles. The minimum atomic E-state index is -0.742. The van der Waals surface area contributed by atoms with Crippen LogP contribution in [0.15, 0.2) is 41.6 Å². The number of hydrogen-bond donors (Lipinski definition) is 2. The Balaban J connectivity index is 1.64. The Labute approximate surface area is 224 Å². The fourth-order valence-corrected chi connectivity index (χ4v) is 5.31. The molecule has 1 saturated heterocycles. The minimum Gasteiger partial charge on any atom is -0.596 e. The van der Waals surface area contributed by atoms with Crippen molar-refractivity contribution in [2.75, 3.05) is 18.5 Å². The molecule has 8 nitrogen and oxygen atoms in total. The molecule has 2 amide bonds. The van der Waals surface area contributed by atoms with Crippen molar-refractivity contribution in [3.8, 4) is 10.4 Å². The number of halogens is 1. The van der Waals surface area contributed by atoms with Crippen LogP contribution in [0.25, 0.3) is 10.4 Å². The lowest BCUT2D eigenvalue weighted by molar-refractivity contribution is -0.142. The lowest BCUT2D eigenvalue weighted by Crippen LogP contribution is -2.48. The van der Waals surface area contributed by atoms with Gasteiger partial charge in [0.25, 0.3) is 0 Å². The summed E-state index contributed by atoms with van der Waals surface area (Å²) in [6.07, 6.45) is 2.61. The first-order chi connectivity index (χ1) is 17.2. The lowest BCUT2D eigenvalue weighted by atomic mass is 9.91. The van der Waals surface area contributed by atoms with E-state index in [1.807, 2.05) is 50.5 Å². The Kier molecular flexibility index (Phi) is 10.1. The molecule has 1 aromatic carbocycles. The molecule has 1 aliphatic rings. The second-order valence-corrected chi connectivity index (χ2v) is 10.7. The van der Waals surface area contributed by atoms with Gasteiger partial charge in [0, 0.05) is 18.4 Å². The quantitative estimate of drug-likeness (QED) is 0.146. The first-order valence-corrected chi connectivity index (χ1v) is 14.0. The van der Waals surface area contributed by atoms with Crippen molar-refractivity contribution in [1.29, 1.82) is 5.41 Å². The van der Waals surface area contributed by atoms with Gasteiger partial charge in [-0.1, -0.05) is 54.0 Å². The summed E-state index contributed by atoms with van der Waals surface area (Å²) in [6, 6.07) is 7.48. The van der Waals surface area contributed by atoms with Crippen molar-refractivity contribution in [3.05, 3.63) is 52.9 Å². The summed E-state index contributed by atoms with van der Waals surface area (Å²) in [4.78, 5) is 33.5. The van der Waals surface area contributed by atoms with Crippen LogP contribution in [0.2, 0.25) is 0 Å². The number of likely N-dealkylation sites (tertiary alicyclic amines) is 1. The monoisotopic (exact) mass is 577 g/mol. The molecule has 2 heterocycles. The van der Waals surface area contributed by atoms with Gasteiger partial charge in [-0.2, -0.15) is 0 Å². The molecule has 4 N–H and O–H groups in total. The number of nitrogens with one attached hydrogen (secondary N) is 2. The number of benzene rings is 1. The fourth-order valence-electron chi connectivity index (χ4n) is 4.34. The first-order valence-electron chi connectivity index (χ1n) is 12.0. The number of aromatic nitrogens is 1. The molecule has 2 atom stereocenters. The van der Waals surface area contributed by atoms with Crippen LogP contribution in [-0.4, -0.2) is 57.2 Å². The van der Waals surface area contributed by atoms with Crippen LogP contribution >= 0.6 is 27.3 Å². The van der Waals surface area contributed by atoms with Crippen LogP contribution in [0.1, 0.15) is 37.9 Å². The van der Waals surface area contributed by atoms with E-state index in [1.165, 1.54) is 6.08 Å². The fraction of sp³-hybridized carbons (Fsp3) is 0.462. The van der Waals surface area contributed by atoms with Gasteiger partial charge in [-0.25, -0.2) is 4.98 Å². The predicted molar refractivity (Wildman–Crippen MR) is 146 cm³/mol. The number of hydrogen-bond acceptors (Lipinski definition) is 6. The lowest BCUT2D eigenvalue weighted by Gasteiger charge is -2.28.